The number of nitrogens with zero attached hydrogens (tertiary/aromatic N) is 1. The predicted octanol–water partition coefficient (Wildman–Crippen LogP) is 3.36. The quantitative estimate of drug-likeness (QED) is 0.652. The van der Waals surface area contributed by atoms with Gasteiger partial charge in [-0.25, -0.2) is 9.18 Å². The van der Waals surface area contributed by atoms with Gasteiger partial charge < -0.3 is 14.6 Å². The van der Waals surface area contributed by atoms with Crippen molar-refractivity contribution in [2.75, 3.05) is 13.9 Å². The number of aromatic carboxylic acids is 1. The summed E-state index contributed by atoms with van der Waals surface area (Å²) in [4.78, 5) is 23.9. The molecular formula is C19H15ClFNO5. The fraction of sp³-hybridized carbons (Fsp3) is 0.158. The summed E-state index contributed by atoms with van der Waals surface area (Å²) in [6.07, 6.45) is 1.64. The zero-order valence-corrected chi connectivity index (χ0v) is 15.0. The molecule has 0 unspecified atom stereocenters. The number of carboxylic acids is 1. The van der Waals surface area contributed by atoms with Gasteiger partial charge in [-0.05, 0) is 23.3 Å². The standard InChI is InChI=1S/C19H15ClFNO5/c1-26-10-27-16-8-13(19(24)25)18(23)22-9-11(5-6-15(16)22)7-12-3-2-4-14(20)17(12)21/h2-6,8-9H,7,10H2,1H3,(H,24,25). The number of carboxylic acid groups (broad SMARTS) is 1. The topological polar surface area (TPSA) is 77.2 Å². The van der Waals surface area contributed by atoms with Crippen LogP contribution in [0, 0.1) is 5.82 Å². The van der Waals surface area contributed by atoms with Crippen molar-refractivity contribution < 1.29 is 23.8 Å². The Morgan fingerprint density at radius 3 is 2.78 bits per heavy atom. The van der Waals surface area contributed by atoms with Crippen LogP contribution in [0.1, 0.15) is 21.5 Å². The number of rotatable bonds is 6. The zero-order valence-electron chi connectivity index (χ0n) is 14.2. The number of aromatic nitrogens is 1. The van der Waals surface area contributed by atoms with E-state index in [-0.39, 0.29) is 24.0 Å². The summed E-state index contributed by atoms with van der Waals surface area (Å²) in [6, 6.07) is 9.15. The molecule has 1 aromatic carbocycles. The van der Waals surface area contributed by atoms with Gasteiger partial charge in [-0.1, -0.05) is 29.8 Å². The van der Waals surface area contributed by atoms with Crippen molar-refractivity contribution in [2.24, 2.45) is 0 Å². The van der Waals surface area contributed by atoms with E-state index in [1.807, 2.05) is 0 Å². The van der Waals surface area contributed by atoms with Gasteiger partial charge >= 0.3 is 5.97 Å². The molecule has 2 heterocycles. The minimum atomic E-state index is -1.37. The summed E-state index contributed by atoms with van der Waals surface area (Å²) < 4.78 is 25.5. The molecule has 140 valence electrons. The smallest absolute Gasteiger partial charge is 0.341 e. The molecule has 27 heavy (non-hydrogen) atoms. The van der Waals surface area contributed by atoms with E-state index in [0.717, 1.165) is 6.07 Å². The largest absolute Gasteiger partial charge is 0.477 e. The number of benzene rings is 1. The summed E-state index contributed by atoms with van der Waals surface area (Å²) >= 11 is 5.80. The molecular weight excluding hydrogens is 377 g/mol. The van der Waals surface area contributed by atoms with Gasteiger partial charge in [0.1, 0.15) is 17.1 Å². The van der Waals surface area contributed by atoms with Gasteiger partial charge in [0.15, 0.2) is 6.79 Å². The maximum atomic E-state index is 14.1. The lowest BCUT2D eigenvalue weighted by atomic mass is 10.1. The van der Waals surface area contributed by atoms with Gasteiger partial charge in [0.25, 0.3) is 5.56 Å². The van der Waals surface area contributed by atoms with Crippen LogP contribution >= 0.6 is 11.6 Å². The van der Waals surface area contributed by atoms with Crippen LogP contribution < -0.4 is 10.3 Å². The van der Waals surface area contributed by atoms with Crippen LogP contribution in [-0.2, 0) is 11.2 Å². The van der Waals surface area contributed by atoms with Gasteiger partial charge in [0.2, 0.25) is 0 Å². The lowest BCUT2D eigenvalue weighted by molar-refractivity contribution is 0.0515. The fourth-order valence-corrected chi connectivity index (χ4v) is 2.90. The Labute approximate surface area is 158 Å². The molecule has 0 spiro atoms. The number of carbonyl (C=O) groups is 1. The summed E-state index contributed by atoms with van der Waals surface area (Å²) in [5, 5.41) is 9.29. The fourth-order valence-electron chi connectivity index (χ4n) is 2.71. The Bertz CT molecular complexity index is 1080. The number of ether oxygens (including phenoxy) is 2. The minimum Gasteiger partial charge on any atom is -0.477 e. The number of hydrogen-bond donors (Lipinski definition) is 1. The lowest BCUT2D eigenvalue weighted by Gasteiger charge is -2.12. The van der Waals surface area contributed by atoms with E-state index in [2.05, 4.69) is 0 Å². The van der Waals surface area contributed by atoms with Gasteiger partial charge in [0, 0.05) is 25.8 Å². The Balaban J connectivity index is 2.13. The molecule has 8 heteroatoms. The molecule has 0 atom stereocenters. The highest BCUT2D eigenvalue weighted by molar-refractivity contribution is 6.30. The van der Waals surface area contributed by atoms with Crippen LogP contribution in [0.2, 0.25) is 5.02 Å². The van der Waals surface area contributed by atoms with E-state index < -0.39 is 22.9 Å². The molecule has 0 aliphatic rings. The molecule has 3 aromatic rings. The monoisotopic (exact) mass is 391 g/mol. The SMILES string of the molecule is COCOc1cc(C(=O)O)c(=O)n2cc(Cc3cccc(Cl)c3F)ccc12. The van der Waals surface area contributed by atoms with Gasteiger partial charge in [0.05, 0.1) is 10.5 Å². The average molecular weight is 392 g/mol. The normalized spacial score (nSPS) is 10.9. The van der Waals surface area contributed by atoms with Crippen LogP contribution in [0.5, 0.6) is 5.75 Å². The highest BCUT2D eigenvalue weighted by Gasteiger charge is 2.16. The van der Waals surface area contributed by atoms with Crippen molar-refractivity contribution in [1.29, 1.82) is 0 Å². The molecule has 0 aliphatic heterocycles. The highest BCUT2D eigenvalue weighted by atomic mass is 35.5. The zero-order chi connectivity index (χ0) is 19.6. The van der Waals surface area contributed by atoms with Crippen LogP contribution in [-0.4, -0.2) is 29.4 Å². The van der Waals surface area contributed by atoms with Crippen molar-refractivity contribution in [3.05, 3.63) is 80.5 Å². The summed E-state index contributed by atoms with van der Waals surface area (Å²) in [7, 11) is 1.42. The molecule has 6 nitrogen and oxygen atoms in total. The van der Waals surface area contributed by atoms with Gasteiger partial charge in [-0.3, -0.25) is 9.20 Å². The first kappa shape index (κ1) is 18.9. The molecule has 3 rings (SSSR count). The maximum Gasteiger partial charge on any atom is 0.341 e. The van der Waals surface area contributed by atoms with Crippen molar-refractivity contribution in [2.45, 2.75) is 6.42 Å². The van der Waals surface area contributed by atoms with E-state index in [0.29, 0.717) is 16.6 Å². The van der Waals surface area contributed by atoms with E-state index in [9.17, 15) is 19.1 Å². The van der Waals surface area contributed by atoms with Crippen LogP contribution in [0.25, 0.3) is 5.52 Å². The molecule has 1 N–H and O–H groups in total. The van der Waals surface area contributed by atoms with E-state index >= 15 is 0 Å². The van der Waals surface area contributed by atoms with Crippen molar-refractivity contribution in [3.8, 4) is 5.75 Å². The Kier molecular flexibility index (Phi) is 5.43. The third-order valence-corrected chi connectivity index (χ3v) is 4.27. The van der Waals surface area contributed by atoms with Crippen molar-refractivity contribution >= 4 is 23.1 Å². The average Bonchev–Trinajstić information content (AvgIpc) is 2.65. The molecule has 0 amide bonds. The Hall–Kier alpha value is -2.90. The molecule has 0 fully saturated rings. The van der Waals surface area contributed by atoms with Gasteiger partial charge in [-0.2, -0.15) is 0 Å². The third-order valence-electron chi connectivity index (χ3n) is 3.98. The molecule has 0 radical (unpaired) electrons. The lowest BCUT2D eigenvalue weighted by Crippen LogP contribution is -2.23. The molecule has 2 aromatic heterocycles. The second-order valence-electron chi connectivity index (χ2n) is 5.77. The second-order valence-corrected chi connectivity index (χ2v) is 6.17. The van der Waals surface area contributed by atoms with E-state index in [1.54, 1.807) is 24.3 Å². The summed E-state index contributed by atoms with van der Waals surface area (Å²) in [6.45, 7) is -0.109. The first-order valence-electron chi connectivity index (χ1n) is 7.88. The number of hydrogen-bond acceptors (Lipinski definition) is 4. The number of pyridine rings is 2. The molecule has 0 bridgehead atoms. The van der Waals surface area contributed by atoms with Crippen molar-refractivity contribution in [1.82, 2.24) is 4.40 Å². The first-order valence-corrected chi connectivity index (χ1v) is 8.26. The van der Waals surface area contributed by atoms with E-state index in [1.165, 1.54) is 23.8 Å². The first-order chi connectivity index (χ1) is 12.9. The van der Waals surface area contributed by atoms with Gasteiger partial charge in [-0.15, -0.1) is 0 Å². The minimum absolute atomic E-state index is 0.00821. The van der Waals surface area contributed by atoms with E-state index in [4.69, 9.17) is 21.1 Å². The summed E-state index contributed by atoms with van der Waals surface area (Å²) in [5.41, 5.74) is 0.184. The van der Waals surface area contributed by atoms with Crippen LogP contribution in [0.4, 0.5) is 4.39 Å². The predicted molar refractivity (Wildman–Crippen MR) is 97.3 cm³/mol. The Morgan fingerprint density at radius 1 is 1.30 bits per heavy atom. The van der Waals surface area contributed by atoms with Crippen LogP contribution in [0.15, 0.2) is 47.4 Å². The third kappa shape index (κ3) is 3.79. The second kappa shape index (κ2) is 7.77. The van der Waals surface area contributed by atoms with Crippen molar-refractivity contribution in [3.63, 3.8) is 0 Å². The maximum absolute atomic E-state index is 14.1. The van der Waals surface area contributed by atoms with Crippen LogP contribution in [0.3, 0.4) is 0 Å². The highest BCUT2D eigenvalue weighted by Crippen LogP contribution is 2.23. The summed E-state index contributed by atoms with van der Waals surface area (Å²) in [5.74, 6) is -1.72. The number of fused-ring (bicyclic) bond motifs is 1. The molecule has 0 aliphatic carbocycles. The molecule has 0 saturated heterocycles. The molecule has 0 saturated carbocycles. The Morgan fingerprint density at radius 2 is 2.07 bits per heavy atom. The number of halogens is 2. The number of methoxy groups -OCH3 is 1.